The standard InChI is InChI=1S/C20H21NO4/c1-13(15-6-10-18(11-7-15)19(22)23)21-20(24)25-12-14-2-4-16(5-3-14)17-8-9-17/h2-7,10-11,13,17H,8-9,12H2,1H3,(H,21,24)(H,22,23)/t13-/m0/s1. The summed E-state index contributed by atoms with van der Waals surface area (Å²) < 4.78 is 5.25. The molecule has 1 aliphatic rings. The lowest BCUT2D eigenvalue weighted by Crippen LogP contribution is -2.27. The lowest BCUT2D eigenvalue weighted by molar-refractivity contribution is 0.0696. The van der Waals surface area contributed by atoms with Crippen LogP contribution in [0.3, 0.4) is 0 Å². The minimum Gasteiger partial charge on any atom is -0.478 e. The Hall–Kier alpha value is -2.82. The molecule has 0 heterocycles. The molecule has 0 aliphatic heterocycles. The second-order valence-electron chi connectivity index (χ2n) is 6.39. The summed E-state index contributed by atoms with van der Waals surface area (Å²) in [6, 6.07) is 14.3. The molecule has 0 spiro atoms. The van der Waals surface area contributed by atoms with E-state index in [2.05, 4.69) is 17.4 Å². The van der Waals surface area contributed by atoms with Crippen molar-refractivity contribution in [3.8, 4) is 0 Å². The van der Waals surface area contributed by atoms with E-state index in [1.54, 1.807) is 12.1 Å². The molecule has 0 bridgehead atoms. The Balaban J connectivity index is 1.48. The summed E-state index contributed by atoms with van der Waals surface area (Å²) in [5.74, 6) is -0.258. The molecule has 0 saturated heterocycles. The van der Waals surface area contributed by atoms with Crippen LogP contribution in [0.1, 0.15) is 58.8 Å². The third kappa shape index (κ3) is 4.59. The fraction of sp³-hybridized carbons (Fsp3) is 0.300. The van der Waals surface area contributed by atoms with Crippen LogP contribution in [0.25, 0.3) is 0 Å². The first-order valence-electron chi connectivity index (χ1n) is 8.38. The van der Waals surface area contributed by atoms with Gasteiger partial charge in [-0.2, -0.15) is 0 Å². The molecule has 1 amide bonds. The highest BCUT2D eigenvalue weighted by Gasteiger charge is 2.22. The SMILES string of the molecule is C[C@H](NC(=O)OCc1ccc(C2CC2)cc1)c1ccc(C(=O)O)cc1. The third-order valence-corrected chi connectivity index (χ3v) is 4.39. The Morgan fingerprint density at radius 3 is 2.32 bits per heavy atom. The van der Waals surface area contributed by atoms with Crippen LogP contribution in [-0.2, 0) is 11.3 Å². The Morgan fingerprint density at radius 1 is 1.12 bits per heavy atom. The molecular weight excluding hydrogens is 318 g/mol. The molecular formula is C20H21NO4. The molecule has 2 aromatic rings. The average Bonchev–Trinajstić information content (AvgIpc) is 3.45. The lowest BCUT2D eigenvalue weighted by atomic mass is 10.1. The van der Waals surface area contributed by atoms with Crippen LogP contribution in [0.4, 0.5) is 4.79 Å². The molecule has 3 rings (SSSR count). The molecule has 5 heteroatoms. The number of carboxylic acid groups (broad SMARTS) is 1. The van der Waals surface area contributed by atoms with Gasteiger partial charge < -0.3 is 15.2 Å². The molecule has 0 aromatic heterocycles. The first-order chi connectivity index (χ1) is 12.0. The monoisotopic (exact) mass is 339 g/mol. The van der Waals surface area contributed by atoms with E-state index in [0.717, 1.165) is 11.1 Å². The maximum atomic E-state index is 11.9. The summed E-state index contributed by atoms with van der Waals surface area (Å²) >= 11 is 0. The van der Waals surface area contributed by atoms with Gasteiger partial charge in [-0.15, -0.1) is 0 Å². The van der Waals surface area contributed by atoms with E-state index in [0.29, 0.717) is 5.92 Å². The van der Waals surface area contributed by atoms with Crippen molar-refractivity contribution in [3.63, 3.8) is 0 Å². The predicted molar refractivity (Wildman–Crippen MR) is 93.6 cm³/mol. The van der Waals surface area contributed by atoms with Crippen molar-refractivity contribution in [1.82, 2.24) is 5.32 Å². The maximum absolute atomic E-state index is 11.9. The smallest absolute Gasteiger partial charge is 0.407 e. The van der Waals surface area contributed by atoms with E-state index in [9.17, 15) is 9.59 Å². The van der Waals surface area contributed by atoms with Gasteiger partial charge in [0.05, 0.1) is 11.6 Å². The highest BCUT2D eigenvalue weighted by molar-refractivity contribution is 5.87. The van der Waals surface area contributed by atoms with Crippen molar-refractivity contribution < 1.29 is 19.4 Å². The van der Waals surface area contributed by atoms with Crippen LogP contribution < -0.4 is 5.32 Å². The molecule has 5 nitrogen and oxygen atoms in total. The van der Waals surface area contributed by atoms with Crippen LogP contribution >= 0.6 is 0 Å². The van der Waals surface area contributed by atoms with Crippen molar-refractivity contribution in [1.29, 1.82) is 0 Å². The Kier molecular flexibility index (Phi) is 5.03. The summed E-state index contributed by atoms with van der Waals surface area (Å²) in [6.07, 6.45) is 2.04. The van der Waals surface area contributed by atoms with Gasteiger partial charge in [-0.3, -0.25) is 0 Å². The van der Waals surface area contributed by atoms with E-state index in [1.807, 2.05) is 19.1 Å². The van der Waals surface area contributed by atoms with Crippen molar-refractivity contribution in [2.75, 3.05) is 0 Å². The first kappa shape index (κ1) is 17.0. The summed E-state index contributed by atoms with van der Waals surface area (Å²) in [5, 5.41) is 11.6. The minimum atomic E-state index is -0.973. The first-order valence-corrected chi connectivity index (χ1v) is 8.38. The second-order valence-corrected chi connectivity index (χ2v) is 6.39. The summed E-state index contributed by atoms with van der Waals surface area (Å²) in [4.78, 5) is 22.8. The number of rotatable bonds is 6. The molecule has 2 aromatic carbocycles. The highest BCUT2D eigenvalue weighted by atomic mass is 16.5. The molecule has 1 atom stereocenters. The van der Waals surface area contributed by atoms with Crippen molar-refractivity contribution >= 4 is 12.1 Å². The van der Waals surface area contributed by atoms with Gasteiger partial charge >= 0.3 is 12.1 Å². The van der Waals surface area contributed by atoms with Gasteiger partial charge in [-0.05, 0) is 54.5 Å². The molecule has 0 unspecified atom stereocenters. The van der Waals surface area contributed by atoms with Gasteiger partial charge in [-0.1, -0.05) is 36.4 Å². The zero-order valence-corrected chi connectivity index (χ0v) is 14.1. The number of hydrogen-bond acceptors (Lipinski definition) is 3. The fourth-order valence-electron chi connectivity index (χ4n) is 2.67. The predicted octanol–water partition coefficient (Wildman–Crippen LogP) is 4.25. The van der Waals surface area contributed by atoms with Crippen molar-refractivity contribution in [2.45, 2.75) is 38.3 Å². The second kappa shape index (κ2) is 7.38. The molecule has 1 fully saturated rings. The Bertz CT molecular complexity index is 748. The van der Waals surface area contributed by atoms with Gasteiger partial charge in [0.15, 0.2) is 0 Å². The van der Waals surface area contributed by atoms with E-state index >= 15 is 0 Å². The molecule has 1 saturated carbocycles. The molecule has 0 radical (unpaired) electrons. The highest BCUT2D eigenvalue weighted by Crippen LogP contribution is 2.39. The molecule has 2 N–H and O–H groups in total. The van der Waals surface area contributed by atoms with Crippen molar-refractivity contribution in [3.05, 3.63) is 70.8 Å². The Morgan fingerprint density at radius 2 is 1.76 bits per heavy atom. The number of nitrogens with one attached hydrogen (secondary N) is 1. The van der Waals surface area contributed by atoms with E-state index in [4.69, 9.17) is 9.84 Å². The number of aromatic carboxylic acids is 1. The quantitative estimate of drug-likeness (QED) is 0.825. The zero-order valence-electron chi connectivity index (χ0n) is 14.1. The Labute approximate surface area is 146 Å². The van der Waals surface area contributed by atoms with Gasteiger partial charge in [0.25, 0.3) is 0 Å². The zero-order chi connectivity index (χ0) is 17.8. The normalized spacial score (nSPS) is 14.6. The van der Waals surface area contributed by atoms with Crippen LogP contribution in [-0.4, -0.2) is 17.2 Å². The number of carboxylic acids is 1. The largest absolute Gasteiger partial charge is 0.478 e. The van der Waals surface area contributed by atoms with Crippen LogP contribution in [0.5, 0.6) is 0 Å². The molecule has 25 heavy (non-hydrogen) atoms. The van der Waals surface area contributed by atoms with E-state index < -0.39 is 12.1 Å². The van der Waals surface area contributed by atoms with Gasteiger partial charge in [-0.25, -0.2) is 9.59 Å². The number of carbonyl (C=O) groups is 2. The van der Waals surface area contributed by atoms with Crippen LogP contribution in [0.2, 0.25) is 0 Å². The summed E-state index contributed by atoms with van der Waals surface area (Å²) in [6.45, 7) is 2.04. The van der Waals surface area contributed by atoms with Crippen LogP contribution in [0.15, 0.2) is 48.5 Å². The minimum absolute atomic E-state index is 0.216. The summed E-state index contributed by atoms with van der Waals surface area (Å²) in [5.41, 5.74) is 3.34. The number of amides is 1. The fourth-order valence-corrected chi connectivity index (χ4v) is 2.67. The number of benzene rings is 2. The number of carbonyl (C=O) groups excluding carboxylic acids is 1. The topological polar surface area (TPSA) is 75.6 Å². The lowest BCUT2D eigenvalue weighted by Gasteiger charge is -2.14. The molecule has 130 valence electrons. The van der Waals surface area contributed by atoms with Gasteiger partial charge in [0.1, 0.15) is 6.61 Å². The number of hydrogen-bond donors (Lipinski definition) is 2. The summed E-state index contributed by atoms with van der Waals surface area (Å²) in [7, 11) is 0. The van der Waals surface area contributed by atoms with Gasteiger partial charge in [0.2, 0.25) is 0 Å². The van der Waals surface area contributed by atoms with Crippen molar-refractivity contribution in [2.24, 2.45) is 0 Å². The average molecular weight is 339 g/mol. The number of alkyl carbamates (subject to hydrolysis) is 1. The van der Waals surface area contributed by atoms with Crippen LogP contribution in [0, 0.1) is 0 Å². The van der Waals surface area contributed by atoms with E-state index in [1.165, 1.54) is 30.5 Å². The maximum Gasteiger partial charge on any atom is 0.407 e. The van der Waals surface area contributed by atoms with E-state index in [-0.39, 0.29) is 18.2 Å². The molecule has 1 aliphatic carbocycles. The third-order valence-electron chi connectivity index (χ3n) is 4.39. The number of ether oxygens (including phenoxy) is 1. The van der Waals surface area contributed by atoms with Gasteiger partial charge in [0, 0.05) is 0 Å².